The summed E-state index contributed by atoms with van der Waals surface area (Å²) < 4.78 is 49.9. The molecule has 1 unspecified atom stereocenters. The number of para-hydroxylation sites is 5. The molecule has 0 saturated heterocycles. The van der Waals surface area contributed by atoms with Gasteiger partial charge in [-0.2, -0.15) is 0 Å². The van der Waals surface area contributed by atoms with Gasteiger partial charge >= 0.3 is 15.3 Å². The van der Waals surface area contributed by atoms with E-state index in [9.17, 15) is 5.11 Å². The molecule has 12 heteroatoms. The molecule has 9 nitrogen and oxygen atoms in total. The van der Waals surface area contributed by atoms with Crippen molar-refractivity contribution < 1.29 is 27.7 Å². The Bertz CT molecular complexity index is 1960. The minimum absolute atomic E-state index is 0.0718. The van der Waals surface area contributed by atoms with Crippen molar-refractivity contribution in [2.75, 3.05) is 0 Å². The summed E-state index contributed by atoms with van der Waals surface area (Å²) in [5.41, 5.74) is 0. The third-order valence-corrected chi connectivity index (χ3v) is 15.5. The zero-order valence-electron chi connectivity index (χ0n) is 25.4. The van der Waals surface area contributed by atoms with E-state index in [0.717, 1.165) is 0 Å². The molecule has 1 N–H and O–H groups in total. The average Bonchev–Trinajstić information content (AvgIpc) is 3.10. The van der Waals surface area contributed by atoms with Crippen molar-refractivity contribution in [2.45, 2.75) is 0 Å². The van der Waals surface area contributed by atoms with Crippen LogP contribution in [0.5, 0.6) is 34.5 Å². The second-order valence-electron chi connectivity index (χ2n) is 10.3. The van der Waals surface area contributed by atoms with E-state index in [1.807, 2.05) is 152 Å². The number of aromatic hydroxyl groups is 1. The molecule has 48 heavy (non-hydrogen) atoms. The Kier molecular flexibility index (Phi) is 9.09. The van der Waals surface area contributed by atoms with Crippen LogP contribution in [0.3, 0.4) is 0 Å². The predicted molar refractivity (Wildman–Crippen MR) is 191 cm³/mol. The molecule has 1 atom stereocenters. The van der Waals surface area contributed by atoms with Crippen LogP contribution in [0.4, 0.5) is 0 Å². The van der Waals surface area contributed by atoms with Crippen LogP contribution in [0.1, 0.15) is 0 Å². The van der Waals surface area contributed by atoms with Gasteiger partial charge in [0.1, 0.15) is 34.5 Å². The molecule has 0 amide bonds. The average molecular weight is 694 g/mol. The summed E-state index contributed by atoms with van der Waals surface area (Å²) in [7, 11) is -11.3. The summed E-state index contributed by atoms with van der Waals surface area (Å²) in [4.78, 5) is 0. The van der Waals surface area contributed by atoms with E-state index in [2.05, 4.69) is 0 Å². The Labute approximate surface area is 279 Å². The quantitative estimate of drug-likeness (QED) is 0.135. The van der Waals surface area contributed by atoms with E-state index in [0.29, 0.717) is 34.1 Å². The van der Waals surface area contributed by atoms with Crippen molar-refractivity contribution in [1.29, 1.82) is 0 Å². The van der Waals surface area contributed by atoms with Crippen molar-refractivity contribution >= 4 is 28.1 Å². The number of benzene rings is 6. The van der Waals surface area contributed by atoms with Crippen LogP contribution in [0, 0.1) is 0 Å². The van der Waals surface area contributed by atoms with Gasteiger partial charge in [-0.05, 0) is 84.9 Å². The fraction of sp³-hybridized carbons (Fsp3) is 0. The van der Waals surface area contributed by atoms with Gasteiger partial charge in [-0.1, -0.05) is 95.5 Å². The van der Waals surface area contributed by atoms with Crippen LogP contribution in [0.25, 0.3) is 0 Å². The lowest BCUT2D eigenvalue weighted by atomic mass is 10.3. The first-order valence-electron chi connectivity index (χ1n) is 15.0. The highest BCUT2D eigenvalue weighted by Gasteiger charge is 2.47. The molecule has 7 rings (SSSR count). The molecule has 0 bridgehead atoms. The summed E-state index contributed by atoms with van der Waals surface area (Å²) in [6, 6.07) is 52.7. The maximum absolute atomic E-state index is 10.3. The molecule has 1 aliphatic heterocycles. The third-order valence-electron chi connectivity index (χ3n) is 6.73. The van der Waals surface area contributed by atoms with E-state index >= 15 is 0 Å². The van der Waals surface area contributed by atoms with Crippen LogP contribution >= 0.6 is 22.8 Å². The van der Waals surface area contributed by atoms with Crippen LogP contribution in [-0.2, 0) is 0 Å². The van der Waals surface area contributed by atoms with E-state index in [-0.39, 0.29) is 5.75 Å². The van der Waals surface area contributed by atoms with Gasteiger partial charge in [0.2, 0.25) is 0 Å². The van der Waals surface area contributed by atoms with Crippen LogP contribution in [-0.4, -0.2) is 5.11 Å². The van der Waals surface area contributed by atoms with Gasteiger partial charge in [0.15, 0.2) is 0 Å². The van der Waals surface area contributed by atoms with Gasteiger partial charge < -0.3 is 27.7 Å². The smallest absolute Gasteiger partial charge is 0.458 e. The maximum Gasteiger partial charge on any atom is 0.458 e. The normalized spacial score (nSPS) is 17.3. The highest BCUT2D eigenvalue weighted by Crippen LogP contribution is 2.78. The lowest BCUT2D eigenvalue weighted by Crippen LogP contribution is -2.14. The Morgan fingerprint density at radius 3 is 1.00 bits per heavy atom. The van der Waals surface area contributed by atoms with Gasteiger partial charge in [0.25, 0.3) is 7.43 Å². The molecule has 6 aromatic carbocycles. The van der Waals surface area contributed by atoms with Gasteiger partial charge in [0, 0.05) is 0 Å². The predicted octanol–water partition coefficient (Wildman–Crippen LogP) is 11.3. The minimum atomic E-state index is -3.85. The molecule has 240 valence electrons. The molecule has 0 aromatic heterocycles. The van der Waals surface area contributed by atoms with Crippen molar-refractivity contribution in [2.24, 2.45) is 13.5 Å². The summed E-state index contributed by atoms with van der Waals surface area (Å²) in [5.74, 6) is 2.45. The SMILES string of the molecule is Oc1ccc(P2(Oc3ccccc3)=NP(Oc3ccccc3)(Oc3ccccc3)=NP(Oc3ccccc3)(Oc3ccccc3)=N2)cc1. The second-order valence-corrected chi connectivity index (χ2v) is 17.0. The molecule has 1 heterocycles. The Morgan fingerprint density at radius 1 is 0.333 bits per heavy atom. The molecule has 6 aromatic rings. The highest BCUT2D eigenvalue weighted by molar-refractivity contribution is 7.83. The van der Waals surface area contributed by atoms with Crippen molar-refractivity contribution in [3.63, 3.8) is 0 Å². The van der Waals surface area contributed by atoms with Crippen molar-refractivity contribution in [1.82, 2.24) is 0 Å². The Morgan fingerprint density at radius 2 is 0.646 bits per heavy atom. The number of rotatable bonds is 11. The van der Waals surface area contributed by atoms with Crippen molar-refractivity contribution in [3.05, 3.63) is 176 Å². The van der Waals surface area contributed by atoms with Gasteiger partial charge in [-0.3, -0.25) is 0 Å². The van der Waals surface area contributed by atoms with Crippen LogP contribution in [0.15, 0.2) is 189 Å². The molecule has 0 radical (unpaired) electrons. The van der Waals surface area contributed by atoms with E-state index in [1.54, 1.807) is 24.3 Å². The molecule has 0 aliphatic carbocycles. The fourth-order valence-electron chi connectivity index (χ4n) is 4.63. The van der Waals surface area contributed by atoms with Gasteiger partial charge in [-0.15, -0.1) is 9.03 Å². The molecule has 0 spiro atoms. The second kappa shape index (κ2) is 13.9. The number of hydrogen-bond acceptors (Lipinski definition) is 9. The Balaban J connectivity index is 1.59. The monoisotopic (exact) mass is 693 g/mol. The Hall–Kier alpha value is -5.19. The number of phenols is 1. The lowest BCUT2D eigenvalue weighted by molar-refractivity contribution is 0.458. The third kappa shape index (κ3) is 7.35. The number of phenolic OH excluding ortho intramolecular Hbond substituents is 1. The molecular weight excluding hydrogens is 663 g/mol. The minimum Gasteiger partial charge on any atom is -0.508 e. The van der Waals surface area contributed by atoms with Gasteiger partial charge in [0.05, 0.1) is 5.30 Å². The zero-order chi connectivity index (χ0) is 32.7. The fourth-order valence-corrected chi connectivity index (χ4v) is 14.6. The highest BCUT2D eigenvalue weighted by atomic mass is 31.3. The number of nitrogens with zero attached hydrogens (tertiary/aromatic N) is 3. The number of hydrogen-bond donors (Lipinski definition) is 1. The summed E-state index contributed by atoms with van der Waals surface area (Å²) in [6.07, 6.45) is 0. The first-order valence-corrected chi connectivity index (χ1v) is 19.6. The van der Waals surface area contributed by atoms with Crippen LogP contribution < -0.4 is 27.9 Å². The van der Waals surface area contributed by atoms with Crippen LogP contribution in [0.2, 0.25) is 0 Å². The first kappa shape index (κ1) is 31.4. The topological polar surface area (TPSA) is 103 Å². The molecule has 0 saturated carbocycles. The van der Waals surface area contributed by atoms with E-state index in [4.69, 9.17) is 36.2 Å². The standard InChI is InChI=1S/C36H30N3O6P3/c40-30-26-28-36(29-27-30)46(41-31-16-6-1-7-17-31)37-47(42-32-18-8-2-9-19-32,43-33-20-10-3-11-21-33)39-48(38-46,44-34-22-12-4-13-23-34)45-35-24-14-5-15-25-35/h1-29,40H. The lowest BCUT2D eigenvalue weighted by Gasteiger charge is -2.34. The molecule has 1 aliphatic rings. The van der Waals surface area contributed by atoms with E-state index in [1.165, 1.54) is 0 Å². The summed E-state index contributed by atoms with van der Waals surface area (Å²) in [6.45, 7) is 0. The molecular formula is C36H30N3O6P3. The summed E-state index contributed by atoms with van der Waals surface area (Å²) >= 11 is 0. The summed E-state index contributed by atoms with van der Waals surface area (Å²) in [5, 5.41) is 10.9. The van der Waals surface area contributed by atoms with E-state index < -0.39 is 22.8 Å². The van der Waals surface area contributed by atoms with Crippen molar-refractivity contribution in [3.8, 4) is 34.5 Å². The first-order chi connectivity index (χ1) is 23.5. The largest absolute Gasteiger partial charge is 0.508 e. The molecule has 0 fully saturated rings. The zero-order valence-corrected chi connectivity index (χ0v) is 28.1. The van der Waals surface area contributed by atoms with Gasteiger partial charge in [-0.25, -0.2) is 0 Å². The maximum atomic E-state index is 10.3.